The highest BCUT2D eigenvalue weighted by molar-refractivity contribution is 5.79. The van der Waals surface area contributed by atoms with Crippen molar-refractivity contribution in [3.63, 3.8) is 0 Å². The second-order valence-corrected chi connectivity index (χ2v) is 4.43. The van der Waals surface area contributed by atoms with Crippen molar-refractivity contribution in [2.45, 2.75) is 32.2 Å². The summed E-state index contributed by atoms with van der Waals surface area (Å²) >= 11 is 0. The summed E-state index contributed by atoms with van der Waals surface area (Å²) in [5, 5.41) is 3.05. The van der Waals surface area contributed by atoms with Crippen LogP contribution in [0.2, 0.25) is 0 Å². The molecule has 1 aliphatic rings. The Bertz CT molecular complexity index is 218. The van der Waals surface area contributed by atoms with E-state index in [0.717, 1.165) is 39.2 Å². The molecule has 0 spiro atoms. The first-order valence-corrected chi connectivity index (χ1v) is 6.42. The molecule has 1 fully saturated rings. The van der Waals surface area contributed by atoms with Gasteiger partial charge in [0.2, 0.25) is 5.91 Å². The van der Waals surface area contributed by atoms with Gasteiger partial charge in [0.05, 0.1) is 6.04 Å². The highest BCUT2D eigenvalue weighted by atomic mass is 16.5. The lowest BCUT2D eigenvalue weighted by Crippen LogP contribution is -2.42. The number of carbonyl (C=O) groups excluding carboxylic acids is 1. The van der Waals surface area contributed by atoms with Crippen molar-refractivity contribution in [3.8, 4) is 0 Å². The van der Waals surface area contributed by atoms with E-state index in [9.17, 15) is 4.79 Å². The topological polar surface area (TPSA) is 73.6 Å². The van der Waals surface area contributed by atoms with Crippen LogP contribution >= 0.6 is 0 Å². The van der Waals surface area contributed by atoms with Gasteiger partial charge in [-0.3, -0.25) is 4.79 Å². The maximum absolute atomic E-state index is 11.1. The number of hydrogen-bond donors (Lipinski definition) is 2. The SMILES string of the molecule is CCNC(CCOCC1CCOCC1)C(N)=O. The highest BCUT2D eigenvalue weighted by Gasteiger charge is 2.16. The molecule has 17 heavy (non-hydrogen) atoms. The number of ether oxygens (including phenoxy) is 2. The Kier molecular flexibility index (Phi) is 7.16. The number of amides is 1. The quantitative estimate of drug-likeness (QED) is 0.602. The Balaban J connectivity index is 2.06. The molecule has 1 heterocycles. The minimum atomic E-state index is -0.304. The molecule has 0 aromatic heterocycles. The summed E-state index contributed by atoms with van der Waals surface area (Å²) in [5.74, 6) is 0.302. The Hall–Kier alpha value is -0.650. The van der Waals surface area contributed by atoms with Crippen molar-refractivity contribution < 1.29 is 14.3 Å². The first-order chi connectivity index (χ1) is 8.24. The molecular formula is C12H24N2O3. The summed E-state index contributed by atoms with van der Waals surface area (Å²) in [7, 11) is 0. The fourth-order valence-corrected chi connectivity index (χ4v) is 1.96. The van der Waals surface area contributed by atoms with Gasteiger partial charge in [0.1, 0.15) is 0 Å². The van der Waals surface area contributed by atoms with Crippen LogP contribution in [0, 0.1) is 5.92 Å². The maximum Gasteiger partial charge on any atom is 0.234 e. The molecule has 100 valence electrons. The van der Waals surface area contributed by atoms with Crippen LogP contribution in [0.1, 0.15) is 26.2 Å². The minimum absolute atomic E-state index is 0.269. The number of rotatable bonds is 8. The molecule has 1 amide bonds. The van der Waals surface area contributed by atoms with Crippen LogP contribution in [0.15, 0.2) is 0 Å². The van der Waals surface area contributed by atoms with Crippen molar-refractivity contribution in [1.82, 2.24) is 5.32 Å². The summed E-state index contributed by atoms with van der Waals surface area (Å²) in [6, 6.07) is -0.269. The highest BCUT2D eigenvalue weighted by Crippen LogP contribution is 2.14. The average molecular weight is 244 g/mol. The molecule has 1 rings (SSSR count). The molecule has 0 bridgehead atoms. The smallest absolute Gasteiger partial charge is 0.234 e. The third kappa shape index (κ3) is 6.00. The molecule has 1 saturated heterocycles. The molecule has 1 atom stereocenters. The van der Waals surface area contributed by atoms with E-state index in [0.29, 0.717) is 18.9 Å². The molecular weight excluding hydrogens is 220 g/mol. The normalized spacial score (nSPS) is 19.1. The van der Waals surface area contributed by atoms with E-state index >= 15 is 0 Å². The van der Waals surface area contributed by atoms with E-state index in [1.807, 2.05) is 6.92 Å². The lowest BCUT2D eigenvalue weighted by Gasteiger charge is -2.22. The fourth-order valence-electron chi connectivity index (χ4n) is 1.96. The van der Waals surface area contributed by atoms with Gasteiger partial charge in [0, 0.05) is 26.4 Å². The molecule has 5 nitrogen and oxygen atoms in total. The van der Waals surface area contributed by atoms with Gasteiger partial charge in [0.15, 0.2) is 0 Å². The van der Waals surface area contributed by atoms with Crippen LogP contribution in [0.25, 0.3) is 0 Å². The van der Waals surface area contributed by atoms with E-state index in [4.69, 9.17) is 15.2 Å². The predicted octanol–water partition coefficient (Wildman–Crippen LogP) is 0.283. The van der Waals surface area contributed by atoms with Crippen LogP contribution in [0.5, 0.6) is 0 Å². The van der Waals surface area contributed by atoms with Crippen LogP contribution < -0.4 is 11.1 Å². The van der Waals surface area contributed by atoms with Gasteiger partial charge in [-0.15, -0.1) is 0 Å². The van der Waals surface area contributed by atoms with E-state index < -0.39 is 0 Å². The van der Waals surface area contributed by atoms with Crippen molar-refractivity contribution in [2.24, 2.45) is 11.7 Å². The zero-order chi connectivity index (χ0) is 12.5. The first kappa shape index (κ1) is 14.4. The van der Waals surface area contributed by atoms with Gasteiger partial charge in [-0.1, -0.05) is 6.92 Å². The van der Waals surface area contributed by atoms with Crippen molar-refractivity contribution in [2.75, 3.05) is 33.0 Å². The Morgan fingerprint density at radius 1 is 1.53 bits per heavy atom. The monoisotopic (exact) mass is 244 g/mol. The van der Waals surface area contributed by atoms with E-state index in [1.54, 1.807) is 0 Å². The number of likely N-dealkylation sites (N-methyl/N-ethyl adjacent to an activating group) is 1. The minimum Gasteiger partial charge on any atom is -0.381 e. The summed E-state index contributed by atoms with van der Waals surface area (Å²) < 4.78 is 10.9. The number of primary amides is 1. The third-order valence-corrected chi connectivity index (χ3v) is 3.04. The average Bonchev–Trinajstić information content (AvgIpc) is 2.34. The van der Waals surface area contributed by atoms with Gasteiger partial charge in [-0.05, 0) is 31.7 Å². The lowest BCUT2D eigenvalue weighted by atomic mass is 10.0. The second kappa shape index (κ2) is 8.44. The number of carbonyl (C=O) groups is 1. The van der Waals surface area contributed by atoms with Crippen molar-refractivity contribution in [3.05, 3.63) is 0 Å². The standard InChI is InChI=1S/C12H24N2O3/c1-2-14-11(12(13)15)5-8-17-9-10-3-6-16-7-4-10/h10-11,14H,2-9H2,1H3,(H2,13,15). The van der Waals surface area contributed by atoms with Crippen LogP contribution in [-0.4, -0.2) is 44.9 Å². The van der Waals surface area contributed by atoms with Gasteiger partial charge in [-0.2, -0.15) is 0 Å². The fraction of sp³-hybridized carbons (Fsp3) is 0.917. The summed E-state index contributed by atoms with van der Waals surface area (Å²) in [5.41, 5.74) is 5.27. The Labute approximate surface area is 103 Å². The molecule has 3 N–H and O–H groups in total. The van der Waals surface area contributed by atoms with Gasteiger partial charge < -0.3 is 20.5 Å². The summed E-state index contributed by atoms with van der Waals surface area (Å²) in [6.45, 7) is 5.73. The Morgan fingerprint density at radius 2 is 2.24 bits per heavy atom. The molecule has 1 aliphatic heterocycles. The predicted molar refractivity (Wildman–Crippen MR) is 65.6 cm³/mol. The van der Waals surface area contributed by atoms with Crippen LogP contribution in [0.3, 0.4) is 0 Å². The molecule has 0 aliphatic carbocycles. The lowest BCUT2D eigenvalue weighted by molar-refractivity contribution is -0.120. The second-order valence-electron chi connectivity index (χ2n) is 4.43. The molecule has 0 radical (unpaired) electrons. The third-order valence-electron chi connectivity index (χ3n) is 3.04. The van der Waals surface area contributed by atoms with E-state index in [-0.39, 0.29) is 11.9 Å². The molecule has 5 heteroatoms. The van der Waals surface area contributed by atoms with Gasteiger partial charge >= 0.3 is 0 Å². The molecule has 1 unspecified atom stereocenters. The molecule has 0 saturated carbocycles. The van der Waals surface area contributed by atoms with Crippen LogP contribution in [0.4, 0.5) is 0 Å². The summed E-state index contributed by atoms with van der Waals surface area (Å²) in [6.07, 6.45) is 2.80. The summed E-state index contributed by atoms with van der Waals surface area (Å²) in [4.78, 5) is 11.1. The van der Waals surface area contributed by atoms with Crippen LogP contribution in [-0.2, 0) is 14.3 Å². The van der Waals surface area contributed by atoms with Crippen molar-refractivity contribution >= 4 is 5.91 Å². The Morgan fingerprint density at radius 3 is 2.82 bits per heavy atom. The van der Waals surface area contributed by atoms with Gasteiger partial charge in [0.25, 0.3) is 0 Å². The number of nitrogens with one attached hydrogen (secondary N) is 1. The van der Waals surface area contributed by atoms with E-state index in [2.05, 4.69) is 5.32 Å². The number of hydrogen-bond acceptors (Lipinski definition) is 4. The maximum atomic E-state index is 11.1. The van der Waals surface area contributed by atoms with Crippen molar-refractivity contribution in [1.29, 1.82) is 0 Å². The number of nitrogens with two attached hydrogens (primary N) is 1. The largest absolute Gasteiger partial charge is 0.381 e. The molecule has 0 aromatic rings. The zero-order valence-corrected chi connectivity index (χ0v) is 10.6. The van der Waals surface area contributed by atoms with E-state index in [1.165, 1.54) is 0 Å². The van der Waals surface area contributed by atoms with Gasteiger partial charge in [-0.25, -0.2) is 0 Å². The zero-order valence-electron chi connectivity index (χ0n) is 10.6. The molecule has 0 aromatic carbocycles. The first-order valence-electron chi connectivity index (χ1n) is 6.42.